The minimum absolute atomic E-state index is 0.0374. The third kappa shape index (κ3) is 3.05. The summed E-state index contributed by atoms with van der Waals surface area (Å²) in [5.41, 5.74) is 2.14. The van der Waals surface area contributed by atoms with Gasteiger partial charge in [0.1, 0.15) is 0 Å². The van der Waals surface area contributed by atoms with Crippen LogP contribution in [0.25, 0.3) is 11.6 Å². The number of nitrogens with zero attached hydrogens (tertiary/aromatic N) is 2. The summed E-state index contributed by atoms with van der Waals surface area (Å²) in [5.74, 6) is 0. The van der Waals surface area contributed by atoms with Crippen LogP contribution < -0.4 is 0 Å². The molecular formula is C15H10N2O2. The Kier molecular flexibility index (Phi) is 3.70. The Balaban J connectivity index is 2.34. The molecule has 0 saturated heterocycles. The summed E-state index contributed by atoms with van der Waals surface area (Å²) in [6.45, 7) is 0. The van der Waals surface area contributed by atoms with E-state index in [0.29, 0.717) is 5.57 Å². The summed E-state index contributed by atoms with van der Waals surface area (Å²) in [6, 6.07) is 17.5. The smallest absolute Gasteiger partial charge is 0.258 e. The van der Waals surface area contributed by atoms with E-state index in [4.69, 9.17) is 5.26 Å². The normalized spacial score (nSPS) is 10.8. The second kappa shape index (κ2) is 5.61. The van der Waals surface area contributed by atoms with Gasteiger partial charge in [-0.25, -0.2) is 0 Å². The third-order valence-corrected chi connectivity index (χ3v) is 2.62. The Bertz CT molecular complexity index is 653. The van der Waals surface area contributed by atoms with Crippen molar-refractivity contribution in [2.45, 2.75) is 0 Å². The number of allylic oxidation sites excluding steroid dienone is 1. The molecule has 0 fully saturated rings. The molecule has 0 aliphatic heterocycles. The van der Waals surface area contributed by atoms with Gasteiger partial charge in [-0.05, 0) is 29.3 Å². The summed E-state index contributed by atoms with van der Waals surface area (Å²) in [4.78, 5) is 10.1. The van der Waals surface area contributed by atoms with Crippen molar-refractivity contribution in [3.8, 4) is 6.07 Å². The highest BCUT2D eigenvalue weighted by Crippen LogP contribution is 2.19. The minimum atomic E-state index is -0.449. The number of benzene rings is 2. The topological polar surface area (TPSA) is 66.9 Å². The molecule has 0 N–H and O–H groups in total. The average Bonchev–Trinajstić information content (AvgIpc) is 2.46. The Labute approximate surface area is 110 Å². The SMILES string of the molecule is N#C/C(=C\c1ccc([N+](=O)[O-])cc1)c1ccccc1. The molecule has 19 heavy (non-hydrogen) atoms. The molecule has 0 aliphatic carbocycles. The van der Waals surface area contributed by atoms with Gasteiger partial charge in [-0.1, -0.05) is 30.3 Å². The molecule has 0 atom stereocenters. The maximum Gasteiger partial charge on any atom is 0.269 e. The summed E-state index contributed by atoms with van der Waals surface area (Å²) in [6.07, 6.45) is 1.71. The standard InChI is InChI=1S/C15H10N2O2/c16-11-14(13-4-2-1-3-5-13)10-12-6-8-15(9-7-12)17(18)19/h1-10H/b14-10+. The molecule has 0 amide bonds. The fourth-order valence-corrected chi connectivity index (χ4v) is 1.66. The van der Waals surface area contributed by atoms with Crippen LogP contribution in [-0.4, -0.2) is 4.92 Å². The quantitative estimate of drug-likeness (QED) is 0.361. The lowest BCUT2D eigenvalue weighted by Gasteiger charge is -1.99. The van der Waals surface area contributed by atoms with Crippen molar-refractivity contribution >= 4 is 17.3 Å². The summed E-state index contributed by atoms with van der Waals surface area (Å²) in [7, 11) is 0. The third-order valence-electron chi connectivity index (χ3n) is 2.62. The van der Waals surface area contributed by atoms with E-state index in [-0.39, 0.29) is 5.69 Å². The molecule has 0 spiro atoms. The zero-order valence-electron chi connectivity index (χ0n) is 9.98. The van der Waals surface area contributed by atoms with Crippen molar-refractivity contribution < 1.29 is 4.92 Å². The fourth-order valence-electron chi connectivity index (χ4n) is 1.66. The molecule has 0 saturated carbocycles. The second-order valence-electron chi connectivity index (χ2n) is 3.88. The lowest BCUT2D eigenvalue weighted by Crippen LogP contribution is -1.87. The molecule has 4 nitrogen and oxygen atoms in total. The van der Waals surface area contributed by atoms with E-state index < -0.39 is 4.92 Å². The highest BCUT2D eigenvalue weighted by molar-refractivity contribution is 5.89. The second-order valence-corrected chi connectivity index (χ2v) is 3.88. The van der Waals surface area contributed by atoms with E-state index in [1.165, 1.54) is 12.1 Å². The maximum atomic E-state index is 10.5. The van der Waals surface area contributed by atoms with Gasteiger partial charge in [0.05, 0.1) is 16.6 Å². The van der Waals surface area contributed by atoms with Crippen LogP contribution in [0.2, 0.25) is 0 Å². The number of nitro groups is 1. The Morgan fingerprint density at radius 3 is 2.26 bits per heavy atom. The van der Waals surface area contributed by atoms with Crippen LogP contribution in [0.5, 0.6) is 0 Å². The molecule has 0 bridgehead atoms. The van der Waals surface area contributed by atoms with Crippen molar-refractivity contribution in [3.63, 3.8) is 0 Å². The van der Waals surface area contributed by atoms with Crippen molar-refractivity contribution in [2.75, 3.05) is 0 Å². The number of non-ortho nitro benzene ring substituents is 1. The molecule has 4 heteroatoms. The highest BCUT2D eigenvalue weighted by atomic mass is 16.6. The van der Waals surface area contributed by atoms with Crippen molar-refractivity contribution in [1.82, 2.24) is 0 Å². The molecule has 2 rings (SSSR count). The Morgan fingerprint density at radius 1 is 1.11 bits per heavy atom. The minimum Gasteiger partial charge on any atom is -0.258 e. The molecule has 92 valence electrons. The van der Waals surface area contributed by atoms with Crippen LogP contribution in [0.4, 0.5) is 5.69 Å². The number of nitro benzene ring substituents is 1. The van der Waals surface area contributed by atoms with Crippen molar-refractivity contribution in [3.05, 3.63) is 75.8 Å². The van der Waals surface area contributed by atoms with Gasteiger partial charge in [0.2, 0.25) is 0 Å². The van der Waals surface area contributed by atoms with Crippen molar-refractivity contribution in [2.24, 2.45) is 0 Å². The van der Waals surface area contributed by atoms with E-state index in [1.807, 2.05) is 30.3 Å². The van der Waals surface area contributed by atoms with E-state index in [2.05, 4.69) is 6.07 Å². The number of nitriles is 1. The van der Waals surface area contributed by atoms with Crippen molar-refractivity contribution in [1.29, 1.82) is 5.26 Å². The first kappa shape index (κ1) is 12.5. The first-order valence-electron chi connectivity index (χ1n) is 5.62. The zero-order valence-corrected chi connectivity index (χ0v) is 9.98. The Hall–Kier alpha value is -2.93. The number of rotatable bonds is 3. The lowest BCUT2D eigenvalue weighted by atomic mass is 10.0. The van der Waals surface area contributed by atoms with Gasteiger partial charge in [-0.2, -0.15) is 5.26 Å². The maximum absolute atomic E-state index is 10.5. The molecule has 0 aromatic heterocycles. The zero-order chi connectivity index (χ0) is 13.7. The molecule has 0 unspecified atom stereocenters. The van der Waals surface area contributed by atoms with Gasteiger partial charge in [0, 0.05) is 12.1 Å². The molecule has 2 aromatic carbocycles. The molecule has 0 heterocycles. The van der Waals surface area contributed by atoms with E-state index in [1.54, 1.807) is 18.2 Å². The predicted octanol–water partition coefficient (Wildman–Crippen LogP) is 3.66. The van der Waals surface area contributed by atoms with Gasteiger partial charge in [0.25, 0.3) is 5.69 Å². The molecule has 0 aliphatic rings. The summed E-state index contributed by atoms with van der Waals surface area (Å²) < 4.78 is 0. The van der Waals surface area contributed by atoms with E-state index in [0.717, 1.165) is 11.1 Å². The summed E-state index contributed by atoms with van der Waals surface area (Å²) >= 11 is 0. The van der Waals surface area contributed by atoms with E-state index in [9.17, 15) is 10.1 Å². The first-order chi connectivity index (χ1) is 9.20. The average molecular weight is 250 g/mol. The predicted molar refractivity (Wildman–Crippen MR) is 73.0 cm³/mol. The summed E-state index contributed by atoms with van der Waals surface area (Å²) in [5, 5.41) is 19.7. The van der Waals surface area contributed by atoms with Crippen LogP contribution in [0.3, 0.4) is 0 Å². The number of hydrogen-bond donors (Lipinski definition) is 0. The molecular weight excluding hydrogens is 240 g/mol. The van der Waals surface area contributed by atoms with Crippen LogP contribution in [0.15, 0.2) is 54.6 Å². The number of hydrogen-bond acceptors (Lipinski definition) is 3. The Morgan fingerprint density at radius 2 is 1.74 bits per heavy atom. The monoisotopic (exact) mass is 250 g/mol. The van der Waals surface area contributed by atoms with Crippen LogP contribution in [0.1, 0.15) is 11.1 Å². The van der Waals surface area contributed by atoms with Gasteiger partial charge in [-0.3, -0.25) is 10.1 Å². The van der Waals surface area contributed by atoms with Crippen LogP contribution in [0, 0.1) is 21.4 Å². The van der Waals surface area contributed by atoms with Crippen LogP contribution in [-0.2, 0) is 0 Å². The van der Waals surface area contributed by atoms with Crippen LogP contribution >= 0.6 is 0 Å². The van der Waals surface area contributed by atoms with E-state index >= 15 is 0 Å². The van der Waals surface area contributed by atoms with Gasteiger partial charge in [-0.15, -0.1) is 0 Å². The van der Waals surface area contributed by atoms with Gasteiger partial charge < -0.3 is 0 Å². The molecule has 0 radical (unpaired) electrons. The largest absolute Gasteiger partial charge is 0.269 e. The molecule has 2 aromatic rings. The fraction of sp³-hybridized carbons (Fsp3) is 0. The lowest BCUT2D eigenvalue weighted by molar-refractivity contribution is -0.384. The highest BCUT2D eigenvalue weighted by Gasteiger charge is 2.04. The van der Waals surface area contributed by atoms with Gasteiger partial charge in [0.15, 0.2) is 0 Å². The first-order valence-corrected chi connectivity index (χ1v) is 5.62. The van der Waals surface area contributed by atoms with Gasteiger partial charge >= 0.3 is 0 Å².